The zero-order valence-electron chi connectivity index (χ0n) is 17.3. The van der Waals surface area contributed by atoms with E-state index in [2.05, 4.69) is 0 Å². The van der Waals surface area contributed by atoms with Crippen LogP contribution in [0.25, 0.3) is 0 Å². The second-order valence-electron chi connectivity index (χ2n) is 7.00. The average Bonchev–Trinajstić information content (AvgIpc) is 3.16. The number of carbonyl (C=O) groups excluding carboxylic acids is 2. The predicted molar refractivity (Wildman–Crippen MR) is 126 cm³/mol. The normalized spacial score (nSPS) is 18.4. The second kappa shape index (κ2) is 13.5. The summed E-state index contributed by atoms with van der Waals surface area (Å²) in [5.41, 5.74) is 0.598. The molecule has 2 radical (unpaired) electrons. The summed E-state index contributed by atoms with van der Waals surface area (Å²) in [6.07, 6.45) is 0.420. The molecule has 2 aromatic carbocycles. The van der Waals surface area contributed by atoms with Crippen LogP contribution in [0.1, 0.15) is 23.7 Å². The van der Waals surface area contributed by atoms with Gasteiger partial charge in [-0.05, 0) is 18.6 Å². The molecule has 1 aliphatic heterocycles. The van der Waals surface area contributed by atoms with Crippen molar-refractivity contribution in [2.24, 2.45) is 5.92 Å². The molecule has 0 saturated carbocycles. The maximum Gasteiger partial charge on any atom is 0.326 e. The fourth-order valence-corrected chi connectivity index (χ4v) is 5.32. The van der Waals surface area contributed by atoms with Gasteiger partial charge < -0.3 is 15.5 Å². The van der Waals surface area contributed by atoms with Crippen molar-refractivity contribution in [1.82, 2.24) is 4.90 Å². The van der Waals surface area contributed by atoms with Gasteiger partial charge in [0.15, 0.2) is 0 Å². The summed E-state index contributed by atoms with van der Waals surface area (Å²) in [5, 5.41) is 9.55. The van der Waals surface area contributed by atoms with Crippen LogP contribution < -0.4 is 0 Å². The van der Waals surface area contributed by atoms with Gasteiger partial charge in [0.05, 0.1) is 0 Å². The van der Waals surface area contributed by atoms with E-state index in [1.807, 2.05) is 36.4 Å². The van der Waals surface area contributed by atoms with E-state index < -0.39 is 17.9 Å². The predicted octanol–water partition coefficient (Wildman–Crippen LogP) is 2.84. The molecule has 31 heavy (non-hydrogen) atoms. The number of aliphatic carboxylic acids is 1. The molecule has 1 fully saturated rings. The fourth-order valence-electron chi connectivity index (χ4n) is 3.26. The smallest absolute Gasteiger partial charge is 0.326 e. The van der Waals surface area contributed by atoms with E-state index in [0.717, 1.165) is 16.7 Å². The van der Waals surface area contributed by atoms with Gasteiger partial charge in [-0.25, -0.2) is 4.79 Å². The zero-order valence-corrected chi connectivity index (χ0v) is 21.1. The van der Waals surface area contributed by atoms with Crippen molar-refractivity contribution in [3.05, 3.63) is 66.2 Å². The molecule has 0 aliphatic carbocycles. The van der Waals surface area contributed by atoms with E-state index in [1.54, 1.807) is 43.0 Å². The number of nitrogens with zero attached hydrogens (tertiary/aromatic N) is 1. The molecule has 0 spiro atoms. The first-order valence-electron chi connectivity index (χ1n) is 9.43. The summed E-state index contributed by atoms with van der Waals surface area (Å²) in [6, 6.07) is 17.9. The first kappa shape index (κ1) is 28.0. The minimum absolute atomic E-state index is 0. The summed E-state index contributed by atoms with van der Waals surface area (Å²) in [7, 11) is 0. The van der Waals surface area contributed by atoms with Gasteiger partial charge in [-0.15, -0.1) is 11.8 Å². The third-order valence-electron chi connectivity index (χ3n) is 4.77. The van der Waals surface area contributed by atoms with Crippen molar-refractivity contribution in [2.45, 2.75) is 29.5 Å². The number of hydrogen-bond acceptors (Lipinski definition) is 5. The minimum Gasteiger partial charge on any atom is -0.480 e. The van der Waals surface area contributed by atoms with Crippen LogP contribution in [-0.2, 0) is 9.59 Å². The van der Waals surface area contributed by atoms with Crippen LogP contribution in [-0.4, -0.2) is 93.8 Å². The van der Waals surface area contributed by atoms with Crippen molar-refractivity contribution >= 4 is 78.3 Å². The van der Waals surface area contributed by atoms with Crippen LogP contribution in [0, 0.1) is 5.92 Å². The molecule has 2 aromatic rings. The van der Waals surface area contributed by atoms with Crippen LogP contribution in [0.2, 0.25) is 0 Å². The van der Waals surface area contributed by atoms with E-state index >= 15 is 0 Å². The summed E-state index contributed by atoms with van der Waals surface area (Å²) in [4.78, 5) is 39.5. The Morgan fingerprint density at radius 1 is 1.06 bits per heavy atom. The molecule has 162 valence electrons. The van der Waals surface area contributed by atoms with Gasteiger partial charge in [0, 0.05) is 71.7 Å². The number of amides is 1. The Hall–Kier alpha value is -1.03. The molecule has 0 unspecified atom stereocenters. The third kappa shape index (κ3) is 7.80. The van der Waals surface area contributed by atoms with Crippen molar-refractivity contribution in [3.8, 4) is 0 Å². The molecule has 1 heterocycles. The zero-order chi connectivity index (χ0) is 20.8. The number of thioether (sulfide) groups is 2. The molecular formula is C22H25CaNO5S2. The molecule has 1 saturated heterocycles. The van der Waals surface area contributed by atoms with Gasteiger partial charge in [-0.1, -0.05) is 67.2 Å². The van der Waals surface area contributed by atoms with Gasteiger partial charge in [-0.2, -0.15) is 0 Å². The van der Waals surface area contributed by atoms with Crippen molar-refractivity contribution in [1.29, 1.82) is 0 Å². The summed E-state index contributed by atoms with van der Waals surface area (Å²) in [6.45, 7) is 2.15. The molecule has 3 rings (SSSR count). The van der Waals surface area contributed by atoms with Crippen LogP contribution in [0.3, 0.4) is 0 Å². The Balaban J connectivity index is 0.00000240. The maximum absolute atomic E-state index is 12.9. The van der Waals surface area contributed by atoms with E-state index in [9.17, 15) is 19.5 Å². The number of hydrogen-bond donors (Lipinski definition) is 1. The molecule has 0 aromatic heterocycles. The van der Waals surface area contributed by atoms with Crippen molar-refractivity contribution in [2.75, 3.05) is 12.3 Å². The molecular weight excluding hydrogens is 462 g/mol. The monoisotopic (exact) mass is 487 g/mol. The minimum atomic E-state index is -0.977. The molecule has 0 bridgehead atoms. The molecule has 6 nitrogen and oxygen atoms in total. The van der Waals surface area contributed by atoms with E-state index in [-0.39, 0.29) is 59.5 Å². The number of carboxylic acids is 1. The Bertz CT molecular complexity index is 869. The van der Waals surface area contributed by atoms with Gasteiger partial charge in [0.1, 0.15) is 6.04 Å². The van der Waals surface area contributed by atoms with Crippen LogP contribution >= 0.6 is 23.5 Å². The summed E-state index contributed by atoms with van der Waals surface area (Å²) < 4.78 is 0. The molecule has 1 aliphatic rings. The van der Waals surface area contributed by atoms with Crippen LogP contribution in [0.4, 0.5) is 0 Å². The largest absolute Gasteiger partial charge is 0.480 e. The maximum atomic E-state index is 12.9. The van der Waals surface area contributed by atoms with Crippen LogP contribution in [0.5, 0.6) is 0 Å². The van der Waals surface area contributed by atoms with E-state index in [1.165, 1.54) is 4.90 Å². The van der Waals surface area contributed by atoms with E-state index in [4.69, 9.17) is 0 Å². The Labute approximate surface area is 220 Å². The molecule has 3 atom stereocenters. The second-order valence-corrected chi connectivity index (χ2v) is 9.37. The average molecular weight is 488 g/mol. The fraction of sp³-hybridized carbons (Fsp3) is 0.318. The van der Waals surface area contributed by atoms with E-state index in [0.29, 0.717) is 24.3 Å². The van der Waals surface area contributed by atoms with Gasteiger partial charge in [0.2, 0.25) is 11.0 Å². The summed E-state index contributed by atoms with van der Waals surface area (Å²) >= 11 is 2.70. The standard InChI is InChI=1S/C22H23NO4S2.Ca.H2O/c1-15(14-28-22(27)16-8-4-2-5-9-16)20(24)23-13-18(12-19(23)21(25)26)29-17-10-6-3-7-11-17;;/h2-11,15,18-19H,12-14H2,1H3,(H,25,26);;1H2/t15-,18+,19+;;/m1../s1. The molecule has 3 N–H and O–H groups in total. The molecule has 9 heteroatoms. The number of likely N-dealkylation sites (tertiary alicyclic amines) is 1. The van der Waals surface area contributed by atoms with Crippen LogP contribution in [0.15, 0.2) is 65.6 Å². The Kier molecular flexibility index (Phi) is 12.2. The Morgan fingerprint density at radius 2 is 1.65 bits per heavy atom. The van der Waals surface area contributed by atoms with Gasteiger partial charge >= 0.3 is 5.97 Å². The number of carbonyl (C=O) groups is 3. The quantitative estimate of drug-likeness (QED) is 0.602. The Morgan fingerprint density at radius 3 is 2.23 bits per heavy atom. The first-order valence-corrected chi connectivity index (χ1v) is 11.3. The van der Waals surface area contributed by atoms with Gasteiger partial charge in [0.25, 0.3) is 0 Å². The number of benzene rings is 2. The van der Waals surface area contributed by atoms with Crippen molar-refractivity contribution in [3.63, 3.8) is 0 Å². The summed E-state index contributed by atoms with van der Waals surface area (Å²) in [5.74, 6) is -1.29. The number of carboxylic acid groups (broad SMARTS) is 1. The first-order chi connectivity index (χ1) is 14.0. The SMILES string of the molecule is C[C@H](CSC(=O)c1ccccc1)C(=O)N1C[C@@H](Sc2ccccc2)C[C@H]1C(=O)O.O.[Ca]. The molecule has 1 amide bonds. The third-order valence-corrected chi connectivity index (χ3v) is 7.16. The number of rotatable bonds is 7. The van der Waals surface area contributed by atoms with Crippen molar-refractivity contribution < 1.29 is 25.0 Å². The topological polar surface area (TPSA) is 106 Å². The van der Waals surface area contributed by atoms with Gasteiger partial charge in [-0.3, -0.25) is 9.59 Å².